The minimum Gasteiger partial charge on any atom is -0.351 e. The van der Waals surface area contributed by atoms with Gasteiger partial charge in [-0.1, -0.05) is 43.9 Å². The number of anilines is 1. The van der Waals surface area contributed by atoms with Gasteiger partial charge < -0.3 is 5.32 Å². The maximum absolute atomic E-state index is 13.6. The highest BCUT2D eigenvalue weighted by atomic mass is 35.5. The average molecular weight is 470 g/mol. The third-order valence-corrected chi connectivity index (χ3v) is 8.44. The van der Waals surface area contributed by atoms with E-state index in [1.54, 1.807) is 32.0 Å². The molecular weight excluding hydrogens is 438 g/mol. The van der Waals surface area contributed by atoms with Crippen molar-refractivity contribution < 1.29 is 18.0 Å². The van der Waals surface area contributed by atoms with Crippen molar-refractivity contribution >= 4 is 39.1 Å². The Kier molecular flexibility index (Phi) is 7.33. The lowest BCUT2D eigenvalue weighted by Crippen LogP contribution is -2.71. The molecule has 172 valence electrons. The summed E-state index contributed by atoms with van der Waals surface area (Å²) in [4.78, 5) is 28.4. The van der Waals surface area contributed by atoms with Crippen LogP contribution < -0.4 is 10.2 Å². The topological polar surface area (TPSA) is 86.8 Å². The summed E-state index contributed by atoms with van der Waals surface area (Å²) < 4.78 is 26.8. The van der Waals surface area contributed by atoms with Crippen LogP contribution in [0.25, 0.3) is 0 Å². The Morgan fingerprint density at radius 3 is 2.58 bits per heavy atom. The van der Waals surface area contributed by atoms with E-state index in [1.807, 2.05) is 6.92 Å². The predicted molar refractivity (Wildman–Crippen MR) is 123 cm³/mol. The van der Waals surface area contributed by atoms with Gasteiger partial charge in [-0.15, -0.1) is 0 Å². The van der Waals surface area contributed by atoms with Crippen LogP contribution in [0.1, 0.15) is 57.9 Å². The molecule has 9 heteroatoms. The number of amides is 2. The van der Waals surface area contributed by atoms with Crippen molar-refractivity contribution in [2.45, 2.75) is 70.9 Å². The summed E-state index contributed by atoms with van der Waals surface area (Å²) in [5, 5.41) is 3.55. The highest BCUT2D eigenvalue weighted by molar-refractivity contribution is 7.89. The van der Waals surface area contributed by atoms with E-state index < -0.39 is 21.5 Å². The van der Waals surface area contributed by atoms with Gasteiger partial charge in [0.25, 0.3) is 0 Å². The minimum atomic E-state index is -3.65. The molecule has 0 spiro atoms. The predicted octanol–water partition coefficient (Wildman–Crippen LogP) is 3.24. The lowest BCUT2D eigenvalue weighted by Gasteiger charge is -2.47. The lowest BCUT2D eigenvalue weighted by atomic mass is 9.91. The first-order chi connectivity index (χ1) is 14.6. The quantitative estimate of drug-likeness (QED) is 0.692. The van der Waals surface area contributed by atoms with Crippen molar-refractivity contribution in [3.63, 3.8) is 0 Å². The number of hydrogen-bond acceptors (Lipinski definition) is 4. The number of halogens is 1. The molecule has 2 amide bonds. The third-order valence-electron chi connectivity index (χ3n) is 6.24. The van der Waals surface area contributed by atoms with Gasteiger partial charge in [-0.2, -0.15) is 4.31 Å². The Labute approximate surface area is 190 Å². The number of carbonyl (C=O) groups is 2. The zero-order chi connectivity index (χ0) is 22.8. The van der Waals surface area contributed by atoms with Gasteiger partial charge in [0, 0.05) is 23.3 Å². The molecule has 1 aromatic rings. The van der Waals surface area contributed by atoms with Crippen LogP contribution >= 0.6 is 11.6 Å². The van der Waals surface area contributed by atoms with Crippen molar-refractivity contribution in [2.24, 2.45) is 0 Å². The van der Waals surface area contributed by atoms with Crippen LogP contribution in [0, 0.1) is 6.92 Å². The van der Waals surface area contributed by atoms with Crippen molar-refractivity contribution in [3.8, 4) is 0 Å². The van der Waals surface area contributed by atoms with Gasteiger partial charge in [0.1, 0.15) is 5.54 Å². The number of hydrogen-bond donors (Lipinski definition) is 1. The van der Waals surface area contributed by atoms with Gasteiger partial charge in [0.15, 0.2) is 0 Å². The zero-order valence-electron chi connectivity index (χ0n) is 18.5. The molecule has 1 atom stereocenters. The Morgan fingerprint density at radius 2 is 1.94 bits per heavy atom. The Balaban J connectivity index is 2.02. The lowest BCUT2D eigenvalue weighted by molar-refractivity contribution is -0.133. The normalized spacial score (nSPS) is 23.7. The molecule has 1 saturated heterocycles. The molecule has 1 aliphatic heterocycles. The van der Waals surface area contributed by atoms with E-state index in [2.05, 4.69) is 5.32 Å². The second-order valence-electron chi connectivity index (χ2n) is 8.83. The molecule has 0 unspecified atom stereocenters. The molecular formula is C22H32ClN3O4S. The summed E-state index contributed by atoms with van der Waals surface area (Å²) in [6, 6.07) is 5.23. The standard InChI is InChI=1S/C22H32ClN3O4S/c1-4-12-31(29,30)25-14-20(27)26(19-13-17(23)11-10-16(19)2)22(3,15-25)21(28)24-18-8-6-5-7-9-18/h10-11,13,18H,4-9,12,14-15H2,1-3H3,(H,24,28)/t22-/m1/s1. The molecule has 1 saturated carbocycles. The molecule has 1 heterocycles. The highest BCUT2D eigenvalue weighted by Crippen LogP contribution is 2.35. The first-order valence-electron chi connectivity index (χ1n) is 11.0. The zero-order valence-corrected chi connectivity index (χ0v) is 20.1. The van der Waals surface area contributed by atoms with Gasteiger partial charge >= 0.3 is 0 Å². The molecule has 0 aromatic heterocycles. The van der Waals surface area contributed by atoms with E-state index >= 15 is 0 Å². The third kappa shape index (κ3) is 5.07. The smallest absolute Gasteiger partial charge is 0.247 e. The number of sulfonamides is 1. The van der Waals surface area contributed by atoms with Crippen molar-refractivity contribution in [1.82, 2.24) is 9.62 Å². The number of nitrogens with one attached hydrogen (secondary N) is 1. The summed E-state index contributed by atoms with van der Waals surface area (Å²) in [7, 11) is -3.65. The van der Waals surface area contributed by atoms with E-state index in [9.17, 15) is 18.0 Å². The van der Waals surface area contributed by atoms with Gasteiger partial charge in [0.2, 0.25) is 21.8 Å². The van der Waals surface area contributed by atoms with Crippen LogP contribution in [-0.4, -0.2) is 55.0 Å². The summed E-state index contributed by atoms with van der Waals surface area (Å²) in [6.45, 7) is 4.89. The SMILES string of the molecule is CCCS(=O)(=O)N1CC(=O)N(c2cc(Cl)ccc2C)[C@@](C)(C(=O)NC2CCCCC2)C1. The highest BCUT2D eigenvalue weighted by Gasteiger charge is 2.51. The first kappa shape index (κ1) is 24.0. The number of rotatable bonds is 6. The Morgan fingerprint density at radius 1 is 1.26 bits per heavy atom. The fourth-order valence-electron chi connectivity index (χ4n) is 4.54. The van der Waals surface area contributed by atoms with Gasteiger partial charge in [-0.05, 0) is 50.8 Å². The summed E-state index contributed by atoms with van der Waals surface area (Å²) >= 11 is 6.21. The van der Waals surface area contributed by atoms with Crippen LogP contribution in [0.15, 0.2) is 18.2 Å². The number of carbonyl (C=O) groups excluding carboxylic acids is 2. The molecule has 31 heavy (non-hydrogen) atoms. The molecule has 0 radical (unpaired) electrons. The van der Waals surface area contributed by atoms with Gasteiger partial charge in [-0.3, -0.25) is 14.5 Å². The molecule has 3 rings (SSSR count). The first-order valence-corrected chi connectivity index (χ1v) is 12.9. The van der Waals surface area contributed by atoms with Gasteiger partial charge in [-0.25, -0.2) is 8.42 Å². The number of aryl methyl sites for hydroxylation is 1. The van der Waals surface area contributed by atoms with Crippen LogP contribution in [0.2, 0.25) is 5.02 Å². The monoisotopic (exact) mass is 469 g/mol. The Hall–Kier alpha value is -1.64. The van der Waals surface area contributed by atoms with Gasteiger partial charge in [0.05, 0.1) is 12.3 Å². The second kappa shape index (κ2) is 9.46. The van der Waals surface area contributed by atoms with E-state index in [0.717, 1.165) is 42.0 Å². The number of benzene rings is 1. The fraction of sp³-hybridized carbons (Fsp3) is 0.636. The molecule has 1 aliphatic carbocycles. The molecule has 2 aliphatic rings. The van der Waals surface area contributed by atoms with E-state index in [-0.39, 0.29) is 30.8 Å². The second-order valence-corrected chi connectivity index (χ2v) is 11.4. The van der Waals surface area contributed by atoms with Crippen LogP contribution in [0.5, 0.6) is 0 Å². The number of nitrogens with zero attached hydrogens (tertiary/aromatic N) is 2. The van der Waals surface area contributed by atoms with Crippen molar-refractivity contribution in [1.29, 1.82) is 0 Å². The largest absolute Gasteiger partial charge is 0.351 e. The molecule has 1 N–H and O–H groups in total. The van der Waals surface area contributed by atoms with Crippen molar-refractivity contribution in [3.05, 3.63) is 28.8 Å². The fourth-order valence-corrected chi connectivity index (χ4v) is 6.23. The molecule has 7 nitrogen and oxygen atoms in total. The maximum Gasteiger partial charge on any atom is 0.247 e. The van der Waals surface area contributed by atoms with Crippen LogP contribution in [0.4, 0.5) is 5.69 Å². The minimum absolute atomic E-state index is 0.0399. The van der Waals surface area contributed by atoms with Crippen molar-refractivity contribution in [2.75, 3.05) is 23.7 Å². The van der Waals surface area contributed by atoms with Crippen LogP contribution in [-0.2, 0) is 19.6 Å². The molecule has 2 fully saturated rings. The van der Waals surface area contributed by atoms with E-state index in [0.29, 0.717) is 17.1 Å². The summed E-state index contributed by atoms with van der Waals surface area (Å²) in [5.74, 6) is -0.822. The maximum atomic E-state index is 13.6. The average Bonchev–Trinajstić information content (AvgIpc) is 2.70. The van der Waals surface area contributed by atoms with E-state index in [4.69, 9.17) is 11.6 Å². The summed E-state index contributed by atoms with van der Waals surface area (Å²) in [5.41, 5.74) is -0.0612. The number of piperazine rings is 1. The Bertz CT molecular complexity index is 946. The van der Waals surface area contributed by atoms with Crippen LogP contribution in [0.3, 0.4) is 0 Å². The molecule has 0 bridgehead atoms. The summed E-state index contributed by atoms with van der Waals surface area (Å²) in [6.07, 6.45) is 5.48. The van der Waals surface area contributed by atoms with E-state index in [1.165, 1.54) is 4.90 Å². The molecule has 1 aromatic carbocycles.